The molecule has 1 aliphatic heterocycles. The summed E-state index contributed by atoms with van der Waals surface area (Å²) in [4.78, 5) is 13.4. The van der Waals surface area contributed by atoms with Crippen molar-refractivity contribution < 1.29 is 4.74 Å². The molecule has 0 amide bonds. The molecule has 1 fully saturated rings. The molecule has 1 aliphatic rings. The van der Waals surface area contributed by atoms with Crippen molar-refractivity contribution in [2.24, 2.45) is 0 Å². The number of nitrogens with one attached hydrogen (secondary N) is 1. The highest BCUT2D eigenvalue weighted by molar-refractivity contribution is 5.44. The minimum Gasteiger partial charge on any atom is -0.378 e. The number of rotatable bonds is 6. The van der Waals surface area contributed by atoms with Crippen molar-refractivity contribution in [3.05, 3.63) is 35.9 Å². The van der Waals surface area contributed by atoms with E-state index in [9.17, 15) is 0 Å². The van der Waals surface area contributed by atoms with Crippen LogP contribution in [0.2, 0.25) is 0 Å². The molecule has 0 saturated carbocycles. The molecule has 3 aromatic rings. The van der Waals surface area contributed by atoms with Crippen molar-refractivity contribution in [2.45, 2.75) is 25.6 Å². The summed E-state index contributed by atoms with van der Waals surface area (Å²) in [5, 5.41) is 16.0. The smallest absolute Gasteiger partial charge is 0.224 e. The van der Waals surface area contributed by atoms with Crippen molar-refractivity contribution in [1.82, 2.24) is 34.7 Å². The molecule has 1 N–H and O–H groups in total. The highest BCUT2D eigenvalue weighted by Gasteiger charge is 2.35. The van der Waals surface area contributed by atoms with Crippen LogP contribution in [0.3, 0.4) is 0 Å². The molecule has 10 nitrogen and oxygen atoms in total. The van der Waals surface area contributed by atoms with Gasteiger partial charge in [-0.25, -0.2) is 4.98 Å². The van der Waals surface area contributed by atoms with Gasteiger partial charge in [-0.05, 0) is 39.2 Å². The van der Waals surface area contributed by atoms with E-state index in [4.69, 9.17) is 4.74 Å². The molecular formula is C18H25N9O. The standard InChI is InChI=1S/C18H25N9O/c1-12-5-6-16-22-23-17(27(16)24-12)9-20-18-19-8-7-15(21-18)26-10-13(25(2)3)14(11-26)28-4/h5-8,13-14H,9-11H2,1-4H3,(H,19,20,21)/t13-,14+/m0/s1. The maximum atomic E-state index is 5.65. The van der Waals surface area contributed by atoms with E-state index in [2.05, 4.69) is 54.5 Å². The Kier molecular flexibility index (Phi) is 5.05. The van der Waals surface area contributed by atoms with E-state index in [0.29, 0.717) is 24.4 Å². The second-order valence-electron chi connectivity index (χ2n) is 7.16. The minimum atomic E-state index is 0.151. The van der Waals surface area contributed by atoms with Gasteiger partial charge in [0.15, 0.2) is 11.5 Å². The molecule has 0 spiro atoms. The Hall–Kier alpha value is -2.85. The third kappa shape index (κ3) is 3.60. The first-order valence-electron chi connectivity index (χ1n) is 9.24. The number of aryl methyl sites for hydroxylation is 1. The monoisotopic (exact) mass is 383 g/mol. The third-order valence-corrected chi connectivity index (χ3v) is 5.03. The SMILES string of the molecule is CO[C@@H]1CN(c2ccnc(NCc3nnc4ccc(C)nn34)n2)C[C@@H]1N(C)C. The van der Waals surface area contributed by atoms with Crippen LogP contribution >= 0.6 is 0 Å². The van der Waals surface area contributed by atoms with Gasteiger partial charge in [-0.2, -0.15) is 14.6 Å². The normalized spacial score (nSPS) is 19.7. The number of fused-ring (bicyclic) bond motifs is 1. The summed E-state index contributed by atoms with van der Waals surface area (Å²) in [6.45, 7) is 4.03. The van der Waals surface area contributed by atoms with Crippen molar-refractivity contribution in [2.75, 3.05) is 44.5 Å². The molecule has 10 heteroatoms. The van der Waals surface area contributed by atoms with Crippen LogP contribution < -0.4 is 10.2 Å². The maximum Gasteiger partial charge on any atom is 0.224 e. The number of hydrogen-bond donors (Lipinski definition) is 1. The Morgan fingerprint density at radius 2 is 2.07 bits per heavy atom. The predicted molar refractivity (Wildman–Crippen MR) is 105 cm³/mol. The van der Waals surface area contributed by atoms with Gasteiger partial charge in [0, 0.05) is 26.4 Å². The summed E-state index contributed by atoms with van der Waals surface area (Å²) >= 11 is 0. The molecule has 0 unspecified atom stereocenters. The quantitative estimate of drug-likeness (QED) is 0.656. The van der Waals surface area contributed by atoms with E-state index in [-0.39, 0.29) is 6.10 Å². The van der Waals surface area contributed by atoms with Gasteiger partial charge in [0.05, 0.1) is 24.4 Å². The van der Waals surface area contributed by atoms with Crippen LogP contribution in [0.4, 0.5) is 11.8 Å². The number of hydrogen-bond acceptors (Lipinski definition) is 9. The fourth-order valence-corrected chi connectivity index (χ4v) is 3.48. The van der Waals surface area contributed by atoms with Gasteiger partial charge < -0.3 is 19.9 Å². The third-order valence-electron chi connectivity index (χ3n) is 5.03. The van der Waals surface area contributed by atoms with Crippen molar-refractivity contribution in [3.8, 4) is 0 Å². The summed E-state index contributed by atoms with van der Waals surface area (Å²) in [7, 11) is 5.91. The molecule has 3 aromatic heterocycles. The fraction of sp³-hybridized carbons (Fsp3) is 0.500. The zero-order valence-electron chi connectivity index (χ0n) is 16.6. The molecule has 4 heterocycles. The molecule has 2 atom stereocenters. The lowest BCUT2D eigenvalue weighted by Crippen LogP contribution is -2.39. The van der Waals surface area contributed by atoms with Crippen LogP contribution in [-0.2, 0) is 11.3 Å². The topological polar surface area (TPSA) is 96.6 Å². The summed E-state index contributed by atoms with van der Waals surface area (Å²) in [5.41, 5.74) is 1.62. The zero-order valence-corrected chi connectivity index (χ0v) is 16.6. The number of aromatic nitrogens is 6. The molecular weight excluding hydrogens is 358 g/mol. The molecule has 4 rings (SSSR count). The van der Waals surface area contributed by atoms with E-state index in [1.807, 2.05) is 25.1 Å². The largest absolute Gasteiger partial charge is 0.378 e. The Labute approximate surface area is 163 Å². The molecule has 0 bridgehead atoms. The van der Waals surface area contributed by atoms with Crippen molar-refractivity contribution in [1.29, 1.82) is 0 Å². The van der Waals surface area contributed by atoms with Gasteiger partial charge in [0.1, 0.15) is 5.82 Å². The van der Waals surface area contributed by atoms with Crippen LogP contribution in [0.15, 0.2) is 24.4 Å². The number of nitrogens with zero attached hydrogens (tertiary/aromatic N) is 8. The van der Waals surface area contributed by atoms with E-state index >= 15 is 0 Å². The second-order valence-corrected chi connectivity index (χ2v) is 7.16. The lowest BCUT2D eigenvalue weighted by Gasteiger charge is -2.23. The summed E-state index contributed by atoms with van der Waals surface area (Å²) in [5.74, 6) is 2.13. The molecule has 1 saturated heterocycles. The predicted octanol–water partition coefficient (Wildman–Crippen LogP) is 0.600. The van der Waals surface area contributed by atoms with Crippen LogP contribution in [0.25, 0.3) is 5.65 Å². The lowest BCUT2D eigenvalue weighted by molar-refractivity contribution is 0.0639. The average Bonchev–Trinajstić information content (AvgIpc) is 3.30. The second kappa shape index (κ2) is 7.64. The molecule has 0 aliphatic carbocycles. The summed E-state index contributed by atoms with van der Waals surface area (Å²) in [6.07, 6.45) is 1.91. The first-order chi connectivity index (χ1) is 13.5. The Morgan fingerprint density at radius 3 is 2.82 bits per heavy atom. The Morgan fingerprint density at radius 1 is 1.21 bits per heavy atom. The van der Waals surface area contributed by atoms with Gasteiger partial charge in [-0.15, -0.1) is 10.2 Å². The highest BCUT2D eigenvalue weighted by Crippen LogP contribution is 2.23. The zero-order chi connectivity index (χ0) is 19.7. The molecule has 28 heavy (non-hydrogen) atoms. The van der Waals surface area contributed by atoms with Gasteiger partial charge in [0.25, 0.3) is 0 Å². The van der Waals surface area contributed by atoms with E-state index < -0.39 is 0 Å². The van der Waals surface area contributed by atoms with Gasteiger partial charge >= 0.3 is 0 Å². The van der Waals surface area contributed by atoms with Gasteiger partial charge in [0.2, 0.25) is 5.95 Å². The van der Waals surface area contributed by atoms with Crippen LogP contribution in [0.1, 0.15) is 11.5 Å². The van der Waals surface area contributed by atoms with E-state index in [1.165, 1.54) is 0 Å². The number of methoxy groups -OCH3 is 1. The average molecular weight is 383 g/mol. The van der Waals surface area contributed by atoms with Crippen LogP contribution in [0, 0.1) is 6.92 Å². The van der Waals surface area contributed by atoms with Crippen LogP contribution in [0.5, 0.6) is 0 Å². The van der Waals surface area contributed by atoms with Gasteiger partial charge in [-0.1, -0.05) is 0 Å². The Balaban J connectivity index is 1.47. The van der Waals surface area contributed by atoms with E-state index in [0.717, 1.165) is 30.2 Å². The molecule has 148 valence electrons. The van der Waals surface area contributed by atoms with E-state index in [1.54, 1.807) is 17.8 Å². The maximum absolute atomic E-state index is 5.65. The number of ether oxygens (including phenoxy) is 1. The lowest BCUT2D eigenvalue weighted by atomic mass is 10.2. The minimum absolute atomic E-state index is 0.151. The summed E-state index contributed by atoms with van der Waals surface area (Å²) < 4.78 is 7.38. The number of likely N-dealkylation sites (N-methyl/N-ethyl adjacent to an activating group) is 1. The highest BCUT2D eigenvalue weighted by atomic mass is 16.5. The molecule has 0 radical (unpaired) electrons. The van der Waals surface area contributed by atoms with Crippen LogP contribution in [-0.4, -0.2) is 81.1 Å². The van der Waals surface area contributed by atoms with Gasteiger partial charge in [-0.3, -0.25) is 0 Å². The van der Waals surface area contributed by atoms with Crippen molar-refractivity contribution >= 4 is 17.4 Å². The van der Waals surface area contributed by atoms with Crippen molar-refractivity contribution in [3.63, 3.8) is 0 Å². The Bertz CT molecular complexity index is 957. The molecule has 0 aromatic carbocycles. The first kappa shape index (κ1) is 18.5. The fourth-order valence-electron chi connectivity index (χ4n) is 3.48. The number of anilines is 2. The first-order valence-corrected chi connectivity index (χ1v) is 9.24. The summed E-state index contributed by atoms with van der Waals surface area (Å²) in [6, 6.07) is 6.07.